The molecule has 3 aromatic carbocycles. The van der Waals surface area contributed by atoms with E-state index in [1.165, 1.54) is 36.3 Å². The summed E-state index contributed by atoms with van der Waals surface area (Å²) in [5.74, 6) is -0.929. The number of sulfonamides is 1. The number of methoxy groups -OCH3 is 1. The lowest BCUT2D eigenvalue weighted by molar-refractivity contribution is -0.139. The van der Waals surface area contributed by atoms with E-state index < -0.39 is 34.3 Å². The van der Waals surface area contributed by atoms with Crippen LogP contribution in [0.5, 0.6) is 5.75 Å². The van der Waals surface area contributed by atoms with Crippen LogP contribution in [0.1, 0.15) is 32.8 Å². The van der Waals surface area contributed by atoms with Crippen molar-refractivity contribution >= 4 is 27.5 Å². The van der Waals surface area contributed by atoms with Crippen molar-refractivity contribution in [1.82, 2.24) is 10.2 Å². The van der Waals surface area contributed by atoms with Gasteiger partial charge < -0.3 is 15.0 Å². The SMILES string of the molecule is CC[C@H](C)NC(=O)[C@@H](C)N(Cc1cccc(OC)c1)C(=O)CN(c1ccc(F)cc1)S(=O)(=O)c1ccccc1. The summed E-state index contributed by atoms with van der Waals surface area (Å²) in [5.41, 5.74) is 0.816. The van der Waals surface area contributed by atoms with Gasteiger partial charge in [0, 0.05) is 12.6 Å². The summed E-state index contributed by atoms with van der Waals surface area (Å²) in [6, 6.07) is 18.6. The summed E-state index contributed by atoms with van der Waals surface area (Å²) in [7, 11) is -2.68. The summed E-state index contributed by atoms with van der Waals surface area (Å²) in [4.78, 5) is 28.3. The molecule has 39 heavy (non-hydrogen) atoms. The van der Waals surface area contributed by atoms with Gasteiger partial charge >= 0.3 is 0 Å². The minimum absolute atomic E-state index is 0.0240. The monoisotopic (exact) mass is 555 g/mol. The molecule has 0 aliphatic carbocycles. The second-order valence-corrected chi connectivity index (χ2v) is 11.0. The molecule has 0 fully saturated rings. The maximum atomic E-state index is 13.9. The molecule has 0 spiro atoms. The average molecular weight is 556 g/mol. The van der Waals surface area contributed by atoms with Crippen molar-refractivity contribution in [3.63, 3.8) is 0 Å². The Morgan fingerprint density at radius 2 is 1.64 bits per heavy atom. The van der Waals surface area contributed by atoms with Crippen LogP contribution in [0.2, 0.25) is 0 Å². The van der Waals surface area contributed by atoms with Crippen molar-refractivity contribution in [2.24, 2.45) is 0 Å². The maximum Gasteiger partial charge on any atom is 0.264 e. The van der Waals surface area contributed by atoms with Crippen molar-refractivity contribution in [2.45, 2.75) is 50.7 Å². The number of nitrogens with zero attached hydrogens (tertiary/aromatic N) is 2. The lowest BCUT2D eigenvalue weighted by Gasteiger charge is -2.32. The summed E-state index contributed by atoms with van der Waals surface area (Å²) < 4.78 is 47.3. The fourth-order valence-corrected chi connectivity index (χ4v) is 5.31. The van der Waals surface area contributed by atoms with E-state index in [9.17, 15) is 22.4 Å². The highest BCUT2D eigenvalue weighted by molar-refractivity contribution is 7.92. The third-order valence-corrected chi connectivity index (χ3v) is 8.17. The van der Waals surface area contributed by atoms with Crippen molar-refractivity contribution in [1.29, 1.82) is 0 Å². The molecule has 0 saturated carbocycles. The van der Waals surface area contributed by atoms with Gasteiger partial charge in [0.15, 0.2) is 0 Å². The van der Waals surface area contributed by atoms with Gasteiger partial charge in [-0.15, -0.1) is 0 Å². The zero-order valence-corrected chi connectivity index (χ0v) is 23.3. The Balaban J connectivity index is 2.01. The van der Waals surface area contributed by atoms with E-state index in [2.05, 4.69) is 5.32 Å². The summed E-state index contributed by atoms with van der Waals surface area (Å²) in [5, 5.41) is 2.89. The first kappa shape index (κ1) is 29.6. The topological polar surface area (TPSA) is 96.0 Å². The normalized spacial score (nSPS) is 12.7. The van der Waals surface area contributed by atoms with Crippen LogP contribution in [0.4, 0.5) is 10.1 Å². The van der Waals surface area contributed by atoms with E-state index in [1.807, 2.05) is 13.8 Å². The van der Waals surface area contributed by atoms with Crippen LogP contribution >= 0.6 is 0 Å². The first-order valence-electron chi connectivity index (χ1n) is 12.6. The van der Waals surface area contributed by atoms with Gasteiger partial charge in [-0.1, -0.05) is 37.3 Å². The van der Waals surface area contributed by atoms with Gasteiger partial charge in [-0.05, 0) is 74.4 Å². The Morgan fingerprint density at radius 1 is 0.974 bits per heavy atom. The zero-order chi connectivity index (χ0) is 28.6. The van der Waals surface area contributed by atoms with E-state index in [1.54, 1.807) is 49.4 Å². The number of carbonyl (C=O) groups is 2. The third kappa shape index (κ3) is 7.57. The molecule has 8 nitrogen and oxygen atoms in total. The molecule has 3 rings (SSSR count). The maximum absolute atomic E-state index is 13.9. The second kappa shape index (κ2) is 13.2. The van der Waals surface area contributed by atoms with Crippen LogP contribution in [0.25, 0.3) is 0 Å². The number of rotatable bonds is 12. The van der Waals surface area contributed by atoms with E-state index in [-0.39, 0.29) is 29.1 Å². The molecular weight excluding hydrogens is 521 g/mol. The number of hydrogen-bond donors (Lipinski definition) is 1. The average Bonchev–Trinajstić information content (AvgIpc) is 2.95. The van der Waals surface area contributed by atoms with Gasteiger partial charge in [0.25, 0.3) is 10.0 Å². The molecule has 2 amide bonds. The van der Waals surface area contributed by atoms with Crippen LogP contribution in [-0.4, -0.2) is 50.9 Å². The van der Waals surface area contributed by atoms with Crippen LogP contribution in [0, 0.1) is 5.82 Å². The van der Waals surface area contributed by atoms with Crippen molar-refractivity contribution in [2.75, 3.05) is 18.0 Å². The van der Waals surface area contributed by atoms with E-state index in [0.717, 1.165) is 16.4 Å². The van der Waals surface area contributed by atoms with Crippen LogP contribution < -0.4 is 14.4 Å². The number of nitrogens with one attached hydrogen (secondary N) is 1. The molecule has 0 heterocycles. The summed E-state index contributed by atoms with van der Waals surface area (Å²) in [6.07, 6.45) is 0.704. The van der Waals surface area contributed by atoms with Crippen molar-refractivity contribution in [3.8, 4) is 5.75 Å². The second-order valence-electron chi connectivity index (χ2n) is 9.17. The minimum Gasteiger partial charge on any atom is -0.497 e. The largest absolute Gasteiger partial charge is 0.497 e. The number of halogens is 1. The highest BCUT2D eigenvalue weighted by Gasteiger charge is 2.32. The standard InChI is InChI=1S/C29H34FN3O5S/c1-5-21(2)31-29(35)22(3)32(19-23-10-9-11-26(18-23)38-4)28(34)20-33(25-16-14-24(30)15-17-25)39(36,37)27-12-7-6-8-13-27/h6-18,21-22H,5,19-20H2,1-4H3,(H,31,35)/t21-,22+/m0/s1. The first-order valence-corrected chi connectivity index (χ1v) is 14.1. The van der Waals surface area contributed by atoms with E-state index >= 15 is 0 Å². The number of hydrogen-bond acceptors (Lipinski definition) is 5. The predicted molar refractivity (Wildman–Crippen MR) is 148 cm³/mol. The van der Waals surface area contributed by atoms with Crippen LogP contribution in [0.3, 0.4) is 0 Å². The molecule has 208 valence electrons. The molecule has 0 saturated heterocycles. The fraction of sp³-hybridized carbons (Fsp3) is 0.310. The van der Waals surface area contributed by atoms with E-state index in [0.29, 0.717) is 17.7 Å². The Hall–Kier alpha value is -3.92. The van der Waals surface area contributed by atoms with Gasteiger partial charge in [-0.25, -0.2) is 12.8 Å². The molecule has 0 aliphatic rings. The first-order chi connectivity index (χ1) is 18.6. The van der Waals surface area contributed by atoms with Crippen molar-refractivity contribution in [3.05, 3.63) is 90.2 Å². The number of carbonyl (C=O) groups excluding carboxylic acids is 2. The van der Waals surface area contributed by atoms with Crippen LogP contribution in [0.15, 0.2) is 83.8 Å². The van der Waals surface area contributed by atoms with Gasteiger partial charge in [0.05, 0.1) is 17.7 Å². The predicted octanol–water partition coefficient (Wildman–Crippen LogP) is 4.36. The Kier molecular flexibility index (Phi) is 10.1. The molecule has 1 N–H and O–H groups in total. The Labute approximate surface area is 229 Å². The molecule has 10 heteroatoms. The smallest absolute Gasteiger partial charge is 0.264 e. The molecule has 0 bridgehead atoms. The number of benzene rings is 3. The van der Waals surface area contributed by atoms with Crippen LogP contribution in [-0.2, 0) is 26.2 Å². The highest BCUT2D eigenvalue weighted by atomic mass is 32.2. The quantitative estimate of drug-likeness (QED) is 0.358. The third-order valence-electron chi connectivity index (χ3n) is 6.38. The highest BCUT2D eigenvalue weighted by Crippen LogP contribution is 2.25. The molecular formula is C29H34FN3O5S. The number of anilines is 1. The molecule has 2 atom stereocenters. The van der Waals surface area contributed by atoms with Gasteiger partial charge in [0.1, 0.15) is 24.2 Å². The number of ether oxygens (including phenoxy) is 1. The molecule has 0 radical (unpaired) electrons. The molecule has 0 aromatic heterocycles. The minimum atomic E-state index is -4.21. The molecule has 3 aromatic rings. The van der Waals surface area contributed by atoms with Gasteiger partial charge in [0.2, 0.25) is 11.8 Å². The Bertz CT molecular complexity index is 1370. The zero-order valence-electron chi connectivity index (χ0n) is 22.5. The lowest BCUT2D eigenvalue weighted by Crippen LogP contribution is -2.52. The lowest BCUT2D eigenvalue weighted by atomic mass is 10.1. The molecule has 0 aliphatic heterocycles. The van der Waals surface area contributed by atoms with E-state index in [4.69, 9.17) is 4.74 Å². The number of amides is 2. The van der Waals surface area contributed by atoms with Gasteiger partial charge in [-0.2, -0.15) is 0 Å². The van der Waals surface area contributed by atoms with Gasteiger partial charge in [-0.3, -0.25) is 13.9 Å². The summed E-state index contributed by atoms with van der Waals surface area (Å²) in [6.45, 7) is 4.83. The van der Waals surface area contributed by atoms with Crippen molar-refractivity contribution < 1.29 is 27.1 Å². The summed E-state index contributed by atoms with van der Waals surface area (Å²) >= 11 is 0. The Morgan fingerprint density at radius 3 is 2.26 bits per heavy atom. The fourth-order valence-electron chi connectivity index (χ4n) is 3.87. The molecule has 0 unspecified atom stereocenters.